The van der Waals surface area contributed by atoms with Crippen molar-refractivity contribution in [1.82, 2.24) is 4.90 Å². The summed E-state index contributed by atoms with van der Waals surface area (Å²) in [7, 11) is 3.28. The molecule has 3 atom stereocenters. The second-order valence-electron chi connectivity index (χ2n) is 8.10. The van der Waals surface area contributed by atoms with Gasteiger partial charge in [0, 0.05) is 30.7 Å². The zero-order valence-corrected chi connectivity index (χ0v) is 18.4. The molecule has 2 aliphatic rings. The zero-order valence-electron chi connectivity index (χ0n) is 17.7. The molecule has 2 aromatic rings. The number of nitrogens with zero attached hydrogens (tertiary/aromatic N) is 2. The smallest absolute Gasteiger partial charge is 0.262 e. The molecule has 6 nitrogen and oxygen atoms in total. The lowest BCUT2D eigenvalue weighted by atomic mass is 9.73. The van der Waals surface area contributed by atoms with Crippen LogP contribution in [0.25, 0.3) is 11.1 Å². The van der Waals surface area contributed by atoms with Gasteiger partial charge in [-0.2, -0.15) is 0 Å². The zero-order chi connectivity index (χ0) is 22.3. The molecule has 31 heavy (non-hydrogen) atoms. The van der Waals surface area contributed by atoms with Crippen LogP contribution in [0.1, 0.15) is 25.3 Å². The summed E-state index contributed by atoms with van der Waals surface area (Å²) in [5, 5.41) is 0.295. The molecule has 0 radical (unpaired) electrons. The highest BCUT2D eigenvalue weighted by Crippen LogP contribution is 2.49. The molecular formula is C23H25ClFN3O3. The second kappa shape index (κ2) is 8.13. The van der Waals surface area contributed by atoms with E-state index in [1.807, 2.05) is 19.1 Å². The average Bonchev–Trinajstić information content (AvgIpc) is 2.97. The lowest BCUT2D eigenvalue weighted by Gasteiger charge is -2.39. The topological polar surface area (TPSA) is 77.2 Å². The number of ether oxygens (including phenoxy) is 2. The van der Waals surface area contributed by atoms with Gasteiger partial charge in [-0.05, 0) is 61.2 Å². The fourth-order valence-electron chi connectivity index (χ4n) is 4.34. The number of benzene rings is 2. The van der Waals surface area contributed by atoms with Crippen molar-refractivity contribution in [2.24, 2.45) is 16.6 Å². The van der Waals surface area contributed by atoms with Crippen LogP contribution in [0.15, 0.2) is 41.4 Å². The summed E-state index contributed by atoms with van der Waals surface area (Å²) >= 11 is 6.06. The molecule has 2 heterocycles. The van der Waals surface area contributed by atoms with Gasteiger partial charge in [0.05, 0.1) is 12.7 Å². The number of methoxy groups -OCH3 is 1. The molecule has 1 spiro atoms. The Morgan fingerprint density at radius 3 is 2.77 bits per heavy atom. The summed E-state index contributed by atoms with van der Waals surface area (Å²) in [6.45, 7) is 2.32. The largest absolute Gasteiger partial charge is 0.493 e. The van der Waals surface area contributed by atoms with Crippen LogP contribution in [0, 0.1) is 11.7 Å². The Morgan fingerprint density at radius 1 is 1.35 bits per heavy atom. The van der Waals surface area contributed by atoms with Crippen LogP contribution in [0.5, 0.6) is 5.75 Å². The number of hydrogen-bond acceptors (Lipinski definition) is 5. The molecule has 0 aromatic heterocycles. The van der Waals surface area contributed by atoms with Gasteiger partial charge in [-0.1, -0.05) is 17.7 Å². The van der Waals surface area contributed by atoms with Gasteiger partial charge in [-0.3, -0.25) is 9.69 Å². The lowest BCUT2D eigenvalue weighted by Crippen LogP contribution is -2.49. The normalized spacial score (nSPS) is 23.5. The third kappa shape index (κ3) is 3.66. The lowest BCUT2D eigenvalue weighted by molar-refractivity contribution is -0.134. The Labute approximate surface area is 185 Å². The van der Waals surface area contributed by atoms with E-state index in [-0.39, 0.29) is 23.9 Å². The first-order valence-electron chi connectivity index (χ1n) is 10.2. The first-order valence-corrected chi connectivity index (χ1v) is 10.5. The van der Waals surface area contributed by atoms with Crippen molar-refractivity contribution in [1.29, 1.82) is 0 Å². The third-order valence-electron chi connectivity index (χ3n) is 6.21. The summed E-state index contributed by atoms with van der Waals surface area (Å²) < 4.78 is 25.4. The average molecular weight is 446 g/mol. The van der Waals surface area contributed by atoms with E-state index >= 15 is 0 Å². The number of fused-ring (bicyclic) bond motifs is 2. The second-order valence-corrected chi connectivity index (χ2v) is 8.54. The summed E-state index contributed by atoms with van der Waals surface area (Å²) in [5.74, 6) is -0.111. The minimum absolute atomic E-state index is 0.0368. The number of carbonyl (C=O) groups is 1. The van der Waals surface area contributed by atoms with E-state index < -0.39 is 11.4 Å². The molecule has 0 bridgehead atoms. The number of rotatable bonds is 5. The molecule has 0 aliphatic carbocycles. The van der Waals surface area contributed by atoms with Crippen LogP contribution >= 0.6 is 11.6 Å². The van der Waals surface area contributed by atoms with E-state index in [1.165, 1.54) is 17.0 Å². The molecule has 2 unspecified atom stereocenters. The van der Waals surface area contributed by atoms with Crippen LogP contribution in [-0.2, 0) is 15.1 Å². The number of aliphatic imine (C=N–C) groups is 1. The van der Waals surface area contributed by atoms with Crippen molar-refractivity contribution in [3.63, 3.8) is 0 Å². The van der Waals surface area contributed by atoms with E-state index in [0.717, 1.165) is 6.42 Å². The first kappa shape index (κ1) is 21.6. The number of hydrogen-bond donors (Lipinski definition) is 1. The standard InChI is InChI=1S/C23H25ClFN3O3/c1-13(30-3)4-6-16-12-31-20-7-5-14(15-8-17(24)11-18(25)9-15)10-19(20)23(16)21(29)28(2)22(26)27-23/h5,7-11,13,16H,4,6,12H2,1-3H3,(H2,26,27)/t13?,16-,23?/m1/s1. The fraction of sp³-hybridized carbons (Fsp3) is 0.391. The van der Waals surface area contributed by atoms with Crippen molar-refractivity contribution in [3.8, 4) is 16.9 Å². The quantitative estimate of drug-likeness (QED) is 0.755. The van der Waals surface area contributed by atoms with Crippen molar-refractivity contribution >= 4 is 23.5 Å². The van der Waals surface area contributed by atoms with Gasteiger partial charge in [0.15, 0.2) is 11.5 Å². The van der Waals surface area contributed by atoms with Gasteiger partial charge >= 0.3 is 0 Å². The number of guanidine groups is 1. The number of nitrogens with two attached hydrogens (primary N) is 1. The molecule has 4 rings (SSSR count). The van der Waals surface area contributed by atoms with Crippen molar-refractivity contribution in [2.75, 3.05) is 20.8 Å². The van der Waals surface area contributed by atoms with Gasteiger partial charge < -0.3 is 15.2 Å². The summed E-state index contributed by atoms with van der Waals surface area (Å²) in [6.07, 6.45) is 1.45. The predicted octanol–water partition coefficient (Wildman–Crippen LogP) is 3.95. The Balaban J connectivity index is 1.84. The van der Waals surface area contributed by atoms with Crippen molar-refractivity contribution in [2.45, 2.75) is 31.4 Å². The highest BCUT2D eigenvalue weighted by molar-refractivity contribution is 6.30. The Bertz CT molecular complexity index is 1040. The summed E-state index contributed by atoms with van der Waals surface area (Å²) in [4.78, 5) is 19.6. The number of likely N-dealkylation sites (N-methyl/N-ethyl adjacent to an activating group) is 1. The van der Waals surface area contributed by atoms with E-state index in [4.69, 9.17) is 26.8 Å². The first-order chi connectivity index (χ1) is 14.8. The van der Waals surface area contributed by atoms with E-state index in [0.29, 0.717) is 40.5 Å². The summed E-state index contributed by atoms with van der Waals surface area (Å²) in [6, 6.07) is 9.78. The van der Waals surface area contributed by atoms with Gasteiger partial charge in [0.2, 0.25) is 0 Å². The van der Waals surface area contributed by atoms with Crippen LogP contribution in [0.4, 0.5) is 4.39 Å². The number of amides is 1. The summed E-state index contributed by atoms with van der Waals surface area (Å²) in [5.41, 5.74) is 6.85. The minimum atomic E-state index is -1.19. The molecular weight excluding hydrogens is 421 g/mol. The maximum absolute atomic E-state index is 14.0. The molecule has 2 N–H and O–H groups in total. The Hall–Kier alpha value is -2.64. The van der Waals surface area contributed by atoms with Gasteiger partial charge in [0.1, 0.15) is 11.6 Å². The van der Waals surface area contributed by atoms with Gasteiger partial charge in [0.25, 0.3) is 5.91 Å². The van der Waals surface area contributed by atoms with Gasteiger partial charge in [-0.25, -0.2) is 9.38 Å². The number of carbonyl (C=O) groups excluding carboxylic acids is 1. The monoisotopic (exact) mass is 445 g/mol. The van der Waals surface area contributed by atoms with Gasteiger partial charge in [-0.15, -0.1) is 0 Å². The molecule has 8 heteroatoms. The fourth-order valence-corrected chi connectivity index (χ4v) is 4.56. The van der Waals surface area contributed by atoms with Crippen LogP contribution in [-0.4, -0.2) is 43.6 Å². The molecule has 0 fully saturated rings. The van der Waals surface area contributed by atoms with Crippen molar-refractivity contribution in [3.05, 3.63) is 52.8 Å². The van der Waals surface area contributed by atoms with E-state index in [1.54, 1.807) is 26.3 Å². The predicted molar refractivity (Wildman–Crippen MR) is 118 cm³/mol. The third-order valence-corrected chi connectivity index (χ3v) is 6.42. The van der Waals surface area contributed by atoms with Crippen LogP contribution in [0.3, 0.4) is 0 Å². The molecule has 164 valence electrons. The maximum atomic E-state index is 14.0. The van der Waals surface area contributed by atoms with Crippen LogP contribution < -0.4 is 10.5 Å². The highest BCUT2D eigenvalue weighted by Gasteiger charge is 2.56. The van der Waals surface area contributed by atoms with Crippen LogP contribution in [0.2, 0.25) is 5.02 Å². The van der Waals surface area contributed by atoms with Crippen molar-refractivity contribution < 1.29 is 18.7 Å². The Kier molecular flexibility index (Phi) is 5.66. The molecule has 0 saturated heterocycles. The Morgan fingerprint density at radius 2 is 2.13 bits per heavy atom. The number of halogens is 2. The SMILES string of the molecule is COC(C)CC[C@@H]1COc2ccc(-c3cc(F)cc(Cl)c3)cc2C12N=C(N)N(C)C2=O. The molecule has 2 aromatic carbocycles. The van der Waals surface area contributed by atoms with E-state index in [9.17, 15) is 9.18 Å². The molecule has 2 aliphatic heterocycles. The highest BCUT2D eigenvalue weighted by atomic mass is 35.5. The minimum Gasteiger partial charge on any atom is -0.493 e. The molecule has 0 saturated carbocycles. The molecule has 1 amide bonds. The van der Waals surface area contributed by atoms with E-state index in [2.05, 4.69) is 4.99 Å². The maximum Gasteiger partial charge on any atom is 0.262 e.